The van der Waals surface area contributed by atoms with Crippen molar-refractivity contribution in [1.29, 1.82) is 0 Å². The van der Waals surface area contributed by atoms with Crippen molar-refractivity contribution in [2.75, 3.05) is 6.61 Å². The molecule has 3 rings (SSSR count). The second kappa shape index (κ2) is 5.15. The zero-order valence-corrected chi connectivity index (χ0v) is 11.4. The fourth-order valence-electron chi connectivity index (χ4n) is 2.16. The molecule has 0 bridgehead atoms. The van der Waals surface area contributed by atoms with Crippen LogP contribution >= 0.6 is 11.3 Å². The van der Waals surface area contributed by atoms with Crippen molar-refractivity contribution < 1.29 is 9.84 Å². The minimum absolute atomic E-state index is 0.00204. The third-order valence-electron chi connectivity index (χ3n) is 3.11. The van der Waals surface area contributed by atoms with Crippen LogP contribution in [0.1, 0.15) is 22.1 Å². The van der Waals surface area contributed by atoms with E-state index in [2.05, 4.69) is 23.4 Å². The SMILES string of the molecule is Cc1csc([C@@H]2OC(c3ccccc3)=N[C@@H]2CO)c1. The number of rotatable bonds is 3. The molecule has 0 spiro atoms. The number of aliphatic imine (C=N–C) groups is 1. The zero-order chi connectivity index (χ0) is 13.2. The molecule has 1 N–H and O–H groups in total. The average Bonchev–Trinajstić information content (AvgIpc) is 3.05. The maximum atomic E-state index is 9.49. The van der Waals surface area contributed by atoms with Crippen molar-refractivity contribution in [2.45, 2.75) is 19.1 Å². The number of ether oxygens (including phenoxy) is 1. The van der Waals surface area contributed by atoms with Gasteiger partial charge in [-0.2, -0.15) is 0 Å². The van der Waals surface area contributed by atoms with E-state index in [1.165, 1.54) is 5.56 Å². The Morgan fingerprint density at radius 2 is 2.11 bits per heavy atom. The van der Waals surface area contributed by atoms with Gasteiger partial charge < -0.3 is 9.84 Å². The molecule has 0 unspecified atom stereocenters. The number of aliphatic hydroxyl groups excluding tert-OH is 1. The molecule has 98 valence electrons. The zero-order valence-electron chi connectivity index (χ0n) is 10.6. The molecular formula is C15H15NO2S. The van der Waals surface area contributed by atoms with Gasteiger partial charge in [0.2, 0.25) is 5.90 Å². The highest BCUT2D eigenvalue weighted by Gasteiger charge is 2.33. The lowest BCUT2D eigenvalue weighted by Crippen LogP contribution is -2.16. The van der Waals surface area contributed by atoms with Crippen LogP contribution < -0.4 is 0 Å². The summed E-state index contributed by atoms with van der Waals surface area (Å²) in [5.74, 6) is 0.621. The summed E-state index contributed by atoms with van der Waals surface area (Å²) < 4.78 is 5.95. The molecule has 1 aromatic carbocycles. The van der Waals surface area contributed by atoms with Crippen molar-refractivity contribution in [2.24, 2.45) is 4.99 Å². The summed E-state index contributed by atoms with van der Waals surface area (Å²) in [6.45, 7) is 2.06. The number of nitrogens with zero attached hydrogens (tertiary/aromatic N) is 1. The first kappa shape index (κ1) is 12.4. The first-order chi connectivity index (χ1) is 9.28. The average molecular weight is 273 g/mol. The lowest BCUT2D eigenvalue weighted by Gasteiger charge is -2.14. The molecule has 0 saturated carbocycles. The molecule has 1 aliphatic rings. The Morgan fingerprint density at radius 3 is 2.74 bits per heavy atom. The summed E-state index contributed by atoms with van der Waals surface area (Å²) in [5, 5.41) is 11.6. The van der Waals surface area contributed by atoms with Gasteiger partial charge in [-0.25, -0.2) is 4.99 Å². The molecule has 2 aromatic rings. The summed E-state index contributed by atoms with van der Waals surface area (Å²) in [6, 6.07) is 11.7. The smallest absolute Gasteiger partial charge is 0.217 e. The molecule has 19 heavy (non-hydrogen) atoms. The molecule has 3 nitrogen and oxygen atoms in total. The third-order valence-corrected chi connectivity index (χ3v) is 4.22. The van der Waals surface area contributed by atoms with E-state index in [0.717, 1.165) is 10.4 Å². The van der Waals surface area contributed by atoms with Crippen LogP contribution in [0.4, 0.5) is 0 Å². The van der Waals surface area contributed by atoms with Crippen LogP contribution in [-0.4, -0.2) is 23.7 Å². The van der Waals surface area contributed by atoms with Crippen LogP contribution in [0.3, 0.4) is 0 Å². The van der Waals surface area contributed by atoms with E-state index in [4.69, 9.17) is 4.74 Å². The number of hydrogen-bond acceptors (Lipinski definition) is 4. The Hall–Kier alpha value is -1.65. The van der Waals surface area contributed by atoms with Crippen molar-refractivity contribution >= 4 is 17.2 Å². The van der Waals surface area contributed by atoms with Gasteiger partial charge >= 0.3 is 0 Å². The van der Waals surface area contributed by atoms with Gasteiger partial charge in [0.1, 0.15) is 6.04 Å². The normalized spacial score (nSPS) is 22.1. The van der Waals surface area contributed by atoms with Crippen LogP contribution in [0.25, 0.3) is 0 Å². The Balaban J connectivity index is 1.88. The van der Waals surface area contributed by atoms with E-state index in [9.17, 15) is 5.11 Å². The molecule has 2 heterocycles. The summed E-state index contributed by atoms with van der Waals surface area (Å²) in [7, 11) is 0. The van der Waals surface area contributed by atoms with E-state index in [-0.39, 0.29) is 18.8 Å². The maximum Gasteiger partial charge on any atom is 0.217 e. The van der Waals surface area contributed by atoms with E-state index in [0.29, 0.717) is 5.90 Å². The van der Waals surface area contributed by atoms with Gasteiger partial charge in [0.25, 0.3) is 0 Å². The van der Waals surface area contributed by atoms with Gasteiger partial charge in [-0.05, 0) is 36.1 Å². The van der Waals surface area contributed by atoms with Crippen molar-refractivity contribution in [3.05, 3.63) is 57.8 Å². The van der Waals surface area contributed by atoms with Gasteiger partial charge in [-0.15, -0.1) is 11.3 Å². The minimum Gasteiger partial charge on any atom is -0.466 e. The summed E-state index contributed by atoms with van der Waals surface area (Å²) in [5.41, 5.74) is 2.17. The molecular weight excluding hydrogens is 258 g/mol. The van der Waals surface area contributed by atoms with Gasteiger partial charge in [0, 0.05) is 10.4 Å². The van der Waals surface area contributed by atoms with Crippen molar-refractivity contribution in [3.8, 4) is 0 Å². The van der Waals surface area contributed by atoms with Crippen LogP contribution in [0.15, 0.2) is 46.8 Å². The highest BCUT2D eigenvalue weighted by atomic mass is 32.1. The predicted molar refractivity (Wildman–Crippen MR) is 76.7 cm³/mol. The van der Waals surface area contributed by atoms with Gasteiger partial charge in [-0.1, -0.05) is 18.2 Å². The highest BCUT2D eigenvalue weighted by molar-refractivity contribution is 7.10. The Kier molecular flexibility index (Phi) is 3.36. The van der Waals surface area contributed by atoms with Crippen molar-refractivity contribution in [3.63, 3.8) is 0 Å². The van der Waals surface area contributed by atoms with Gasteiger partial charge in [0.05, 0.1) is 6.61 Å². The summed E-state index contributed by atoms with van der Waals surface area (Å²) in [4.78, 5) is 5.61. The number of thiophene rings is 1. The molecule has 0 amide bonds. The largest absolute Gasteiger partial charge is 0.466 e. The fraction of sp³-hybridized carbons (Fsp3) is 0.267. The Labute approximate surface area is 116 Å². The second-order valence-corrected chi connectivity index (χ2v) is 5.56. The minimum atomic E-state index is -0.215. The fourth-order valence-corrected chi connectivity index (χ4v) is 3.14. The number of hydrogen-bond donors (Lipinski definition) is 1. The number of benzene rings is 1. The molecule has 0 fully saturated rings. The topological polar surface area (TPSA) is 41.8 Å². The Bertz CT molecular complexity index is 591. The molecule has 1 aromatic heterocycles. The van der Waals surface area contributed by atoms with E-state index < -0.39 is 0 Å². The second-order valence-electron chi connectivity index (χ2n) is 4.62. The van der Waals surface area contributed by atoms with Crippen molar-refractivity contribution in [1.82, 2.24) is 0 Å². The molecule has 0 saturated heterocycles. The third kappa shape index (κ3) is 2.41. The van der Waals surface area contributed by atoms with E-state index in [1.54, 1.807) is 11.3 Å². The standard InChI is InChI=1S/C15H15NO2S/c1-10-7-13(19-9-10)14-12(8-17)16-15(18-14)11-5-3-2-4-6-11/h2-7,9,12,14,17H,8H2,1H3/t12-,14-/m1/s1. The molecule has 1 aliphatic heterocycles. The quantitative estimate of drug-likeness (QED) is 0.934. The van der Waals surface area contributed by atoms with Crippen LogP contribution in [-0.2, 0) is 4.74 Å². The summed E-state index contributed by atoms with van der Waals surface area (Å²) >= 11 is 1.65. The van der Waals surface area contributed by atoms with E-state index in [1.807, 2.05) is 30.3 Å². The molecule has 0 radical (unpaired) electrons. The predicted octanol–water partition coefficient (Wildman–Crippen LogP) is 2.94. The lowest BCUT2D eigenvalue weighted by atomic mass is 10.1. The number of aryl methyl sites for hydroxylation is 1. The van der Waals surface area contributed by atoms with Crippen LogP contribution in [0, 0.1) is 6.92 Å². The summed E-state index contributed by atoms with van der Waals surface area (Å²) in [6.07, 6.45) is -0.168. The highest BCUT2D eigenvalue weighted by Crippen LogP contribution is 2.34. The molecule has 4 heteroatoms. The lowest BCUT2D eigenvalue weighted by molar-refractivity contribution is 0.154. The van der Waals surface area contributed by atoms with E-state index >= 15 is 0 Å². The van der Waals surface area contributed by atoms with Crippen LogP contribution in [0.5, 0.6) is 0 Å². The van der Waals surface area contributed by atoms with Crippen LogP contribution in [0.2, 0.25) is 0 Å². The molecule has 2 atom stereocenters. The number of aliphatic hydroxyl groups is 1. The molecule has 0 aliphatic carbocycles. The first-order valence-corrected chi connectivity index (χ1v) is 7.11. The Morgan fingerprint density at radius 1 is 1.32 bits per heavy atom. The van der Waals surface area contributed by atoms with Gasteiger partial charge in [-0.3, -0.25) is 0 Å². The van der Waals surface area contributed by atoms with Gasteiger partial charge in [0.15, 0.2) is 6.10 Å². The maximum absolute atomic E-state index is 9.49. The monoisotopic (exact) mass is 273 g/mol. The first-order valence-electron chi connectivity index (χ1n) is 6.23.